The second kappa shape index (κ2) is 5.98. The van der Waals surface area contributed by atoms with Crippen LogP contribution in [0.3, 0.4) is 0 Å². The van der Waals surface area contributed by atoms with Crippen molar-refractivity contribution < 1.29 is 14.3 Å². The van der Waals surface area contributed by atoms with Gasteiger partial charge in [-0.3, -0.25) is 9.69 Å². The Hall–Kier alpha value is -0.610. The first-order valence-electron chi connectivity index (χ1n) is 5.19. The Morgan fingerprint density at radius 2 is 2.43 bits per heavy atom. The molecule has 14 heavy (non-hydrogen) atoms. The van der Waals surface area contributed by atoms with E-state index in [0.29, 0.717) is 6.61 Å². The van der Waals surface area contributed by atoms with Crippen LogP contribution in [0.1, 0.15) is 19.8 Å². The highest BCUT2D eigenvalue weighted by Crippen LogP contribution is 2.09. The lowest BCUT2D eigenvalue weighted by Crippen LogP contribution is -2.50. The molecule has 1 aliphatic rings. The molecule has 4 nitrogen and oxygen atoms in total. The number of morpholine rings is 1. The van der Waals surface area contributed by atoms with E-state index in [2.05, 4.69) is 11.8 Å². The van der Waals surface area contributed by atoms with E-state index in [0.717, 1.165) is 32.5 Å². The van der Waals surface area contributed by atoms with Crippen LogP contribution in [0.5, 0.6) is 0 Å². The minimum Gasteiger partial charge on any atom is -0.468 e. The first-order chi connectivity index (χ1) is 6.79. The molecule has 0 bridgehead atoms. The van der Waals surface area contributed by atoms with Gasteiger partial charge in [0.1, 0.15) is 6.04 Å². The molecule has 1 fully saturated rings. The number of carbonyl (C=O) groups excluding carboxylic acids is 1. The van der Waals surface area contributed by atoms with Crippen molar-refractivity contribution in [1.82, 2.24) is 4.90 Å². The second-order valence-corrected chi connectivity index (χ2v) is 3.50. The molecule has 0 N–H and O–H groups in total. The second-order valence-electron chi connectivity index (χ2n) is 3.50. The maximum Gasteiger partial charge on any atom is 0.325 e. The van der Waals surface area contributed by atoms with Gasteiger partial charge in [-0.1, -0.05) is 13.3 Å². The quantitative estimate of drug-likeness (QED) is 0.626. The maximum atomic E-state index is 11.4. The Kier molecular flexibility index (Phi) is 4.90. The number of methoxy groups -OCH3 is 1. The molecule has 0 aromatic rings. The van der Waals surface area contributed by atoms with Crippen LogP contribution in [-0.4, -0.2) is 50.3 Å². The summed E-state index contributed by atoms with van der Waals surface area (Å²) >= 11 is 0. The normalized spacial score (nSPS) is 23.4. The van der Waals surface area contributed by atoms with Crippen molar-refractivity contribution in [1.29, 1.82) is 0 Å². The maximum absolute atomic E-state index is 11.4. The minimum atomic E-state index is -0.194. The molecule has 0 aliphatic carbocycles. The molecule has 1 rings (SSSR count). The number of unbranched alkanes of at least 4 members (excludes halogenated alkanes) is 1. The Morgan fingerprint density at radius 3 is 3.07 bits per heavy atom. The highest BCUT2D eigenvalue weighted by Gasteiger charge is 2.29. The van der Waals surface area contributed by atoms with Crippen LogP contribution in [0.25, 0.3) is 0 Å². The lowest BCUT2D eigenvalue weighted by Gasteiger charge is -2.33. The number of carbonyl (C=O) groups is 1. The van der Waals surface area contributed by atoms with E-state index < -0.39 is 0 Å². The third-order valence-corrected chi connectivity index (χ3v) is 2.51. The van der Waals surface area contributed by atoms with Crippen molar-refractivity contribution in [3.8, 4) is 0 Å². The van der Waals surface area contributed by atoms with E-state index in [9.17, 15) is 4.79 Å². The summed E-state index contributed by atoms with van der Waals surface area (Å²) in [7, 11) is 1.43. The lowest BCUT2D eigenvalue weighted by atomic mass is 10.2. The summed E-state index contributed by atoms with van der Waals surface area (Å²) < 4.78 is 10.0. The number of nitrogens with zero attached hydrogens (tertiary/aromatic N) is 1. The summed E-state index contributed by atoms with van der Waals surface area (Å²) in [5, 5.41) is 0. The van der Waals surface area contributed by atoms with Gasteiger partial charge in [0.2, 0.25) is 0 Å². The molecule has 1 heterocycles. The molecular weight excluding hydrogens is 182 g/mol. The Bertz CT molecular complexity index is 184. The summed E-state index contributed by atoms with van der Waals surface area (Å²) in [6.45, 7) is 5.13. The van der Waals surface area contributed by atoms with Crippen LogP contribution in [0.15, 0.2) is 0 Å². The van der Waals surface area contributed by atoms with Gasteiger partial charge < -0.3 is 9.47 Å². The van der Waals surface area contributed by atoms with Crippen LogP contribution in [0.2, 0.25) is 0 Å². The molecule has 0 aromatic carbocycles. The van der Waals surface area contributed by atoms with E-state index in [4.69, 9.17) is 9.47 Å². The van der Waals surface area contributed by atoms with E-state index in [-0.39, 0.29) is 12.0 Å². The van der Waals surface area contributed by atoms with Gasteiger partial charge in [0.05, 0.1) is 20.3 Å². The van der Waals surface area contributed by atoms with Gasteiger partial charge in [0.25, 0.3) is 0 Å². The van der Waals surface area contributed by atoms with Gasteiger partial charge in [-0.15, -0.1) is 0 Å². The van der Waals surface area contributed by atoms with E-state index in [1.807, 2.05) is 0 Å². The summed E-state index contributed by atoms with van der Waals surface area (Å²) in [4.78, 5) is 13.5. The monoisotopic (exact) mass is 201 g/mol. The molecule has 82 valence electrons. The lowest BCUT2D eigenvalue weighted by molar-refractivity contribution is -0.153. The zero-order valence-electron chi connectivity index (χ0n) is 8.99. The van der Waals surface area contributed by atoms with Gasteiger partial charge >= 0.3 is 5.97 Å². The Morgan fingerprint density at radius 1 is 1.64 bits per heavy atom. The largest absolute Gasteiger partial charge is 0.468 e. The smallest absolute Gasteiger partial charge is 0.325 e. The first-order valence-corrected chi connectivity index (χ1v) is 5.19. The van der Waals surface area contributed by atoms with Crippen LogP contribution in [0.4, 0.5) is 0 Å². The Balaban J connectivity index is 2.45. The zero-order valence-corrected chi connectivity index (χ0v) is 8.99. The third-order valence-electron chi connectivity index (χ3n) is 2.51. The van der Waals surface area contributed by atoms with Gasteiger partial charge in [-0.25, -0.2) is 0 Å². The van der Waals surface area contributed by atoms with Crippen LogP contribution in [-0.2, 0) is 14.3 Å². The number of ether oxygens (including phenoxy) is 2. The predicted octanol–water partition coefficient (Wildman–Crippen LogP) is 0.660. The molecule has 0 radical (unpaired) electrons. The van der Waals surface area contributed by atoms with Crippen molar-refractivity contribution in [3.05, 3.63) is 0 Å². The average molecular weight is 201 g/mol. The van der Waals surface area contributed by atoms with Crippen molar-refractivity contribution in [2.75, 3.05) is 33.4 Å². The van der Waals surface area contributed by atoms with Crippen molar-refractivity contribution in [3.63, 3.8) is 0 Å². The number of hydrogen-bond donors (Lipinski definition) is 0. The SMILES string of the molecule is CCCCN1CCOC[C@@H]1C(=O)OC. The van der Waals surface area contributed by atoms with Gasteiger partial charge in [-0.2, -0.15) is 0 Å². The standard InChI is InChI=1S/C10H19NO3/c1-3-4-5-11-6-7-14-8-9(11)10(12)13-2/h9H,3-8H2,1-2H3/t9-/m1/s1. The van der Waals surface area contributed by atoms with Crippen LogP contribution in [0, 0.1) is 0 Å². The Labute approximate surface area is 85.2 Å². The molecule has 0 spiro atoms. The van der Waals surface area contributed by atoms with E-state index >= 15 is 0 Å². The van der Waals surface area contributed by atoms with Crippen LogP contribution >= 0.6 is 0 Å². The van der Waals surface area contributed by atoms with E-state index in [1.54, 1.807) is 0 Å². The average Bonchev–Trinajstić information content (AvgIpc) is 2.25. The fourth-order valence-corrected chi connectivity index (χ4v) is 1.62. The van der Waals surface area contributed by atoms with Crippen molar-refractivity contribution in [2.24, 2.45) is 0 Å². The molecule has 0 amide bonds. The fourth-order valence-electron chi connectivity index (χ4n) is 1.62. The van der Waals surface area contributed by atoms with Gasteiger partial charge in [0, 0.05) is 6.54 Å². The summed E-state index contributed by atoms with van der Waals surface area (Å²) in [5.41, 5.74) is 0. The molecular formula is C10H19NO3. The van der Waals surface area contributed by atoms with Crippen molar-refractivity contribution >= 4 is 5.97 Å². The number of rotatable bonds is 4. The molecule has 4 heteroatoms. The molecule has 1 saturated heterocycles. The molecule has 0 unspecified atom stereocenters. The topological polar surface area (TPSA) is 38.8 Å². The van der Waals surface area contributed by atoms with Gasteiger partial charge in [-0.05, 0) is 13.0 Å². The number of hydrogen-bond acceptors (Lipinski definition) is 4. The first kappa shape index (κ1) is 11.5. The highest BCUT2D eigenvalue weighted by molar-refractivity contribution is 5.75. The molecule has 0 aromatic heterocycles. The zero-order chi connectivity index (χ0) is 10.4. The number of esters is 1. The molecule has 1 aliphatic heterocycles. The molecule has 0 saturated carbocycles. The van der Waals surface area contributed by atoms with E-state index in [1.165, 1.54) is 7.11 Å². The third kappa shape index (κ3) is 2.96. The summed E-state index contributed by atoms with van der Waals surface area (Å²) in [5.74, 6) is -0.180. The fraction of sp³-hybridized carbons (Fsp3) is 0.900. The summed E-state index contributed by atoms with van der Waals surface area (Å²) in [6.07, 6.45) is 2.26. The summed E-state index contributed by atoms with van der Waals surface area (Å²) in [6, 6.07) is -0.194. The predicted molar refractivity (Wildman–Crippen MR) is 53.1 cm³/mol. The van der Waals surface area contributed by atoms with Crippen LogP contribution < -0.4 is 0 Å². The van der Waals surface area contributed by atoms with Crippen molar-refractivity contribution in [2.45, 2.75) is 25.8 Å². The van der Waals surface area contributed by atoms with Gasteiger partial charge in [0.15, 0.2) is 0 Å². The highest BCUT2D eigenvalue weighted by atomic mass is 16.5. The minimum absolute atomic E-state index is 0.180. The molecule has 1 atom stereocenters.